The Morgan fingerprint density at radius 1 is 0.971 bits per heavy atom. The minimum Gasteiger partial charge on any atom is -0.369 e. The predicted octanol–water partition coefficient (Wildman–Crippen LogP) is 3.39. The molecule has 0 saturated carbocycles. The average Bonchev–Trinajstić information content (AvgIpc) is 3.28. The van der Waals surface area contributed by atoms with Gasteiger partial charge in [0.15, 0.2) is 0 Å². The van der Waals surface area contributed by atoms with Crippen molar-refractivity contribution >= 4 is 21.6 Å². The van der Waals surface area contributed by atoms with Crippen molar-refractivity contribution in [2.75, 3.05) is 30.6 Å². The minimum atomic E-state index is -3.28. The molecule has 6 nitrogen and oxygen atoms in total. The molecule has 7 heteroatoms. The SMILES string of the molecule is CS(=O)(=O)Nc1ccc(CCN2CCC(C(C(N)=O)(c3ccccc3)c3ccccc3)C2)cc1. The van der Waals surface area contributed by atoms with Gasteiger partial charge in [0.1, 0.15) is 5.41 Å². The summed E-state index contributed by atoms with van der Waals surface area (Å²) in [6.45, 7) is 2.53. The molecule has 3 N–H and O–H groups in total. The quantitative estimate of drug-likeness (QED) is 0.494. The number of anilines is 1. The van der Waals surface area contributed by atoms with E-state index in [-0.39, 0.29) is 11.8 Å². The fraction of sp³-hybridized carbons (Fsp3) is 0.296. The van der Waals surface area contributed by atoms with Crippen LogP contribution in [0, 0.1) is 5.92 Å². The van der Waals surface area contributed by atoms with Crippen LogP contribution in [0.25, 0.3) is 0 Å². The van der Waals surface area contributed by atoms with Crippen LogP contribution in [0.2, 0.25) is 0 Å². The number of benzene rings is 3. The normalized spacial score (nSPS) is 16.9. The number of nitrogens with two attached hydrogens (primary N) is 1. The Morgan fingerprint density at radius 3 is 2.03 bits per heavy atom. The molecule has 3 aromatic rings. The second-order valence-electron chi connectivity index (χ2n) is 9.01. The second-order valence-corrected chi connectivity index (χ2v) is 10.8. The first-order chi connectivity index (χ1) is 16.3. The van der Waals surface area contributed by atoms with Gasteiger partial charge in [0.25, 0.3) is 0 Å². The number of carbonyl (C=O) groups is 1. The molecule has 1 saturated heterocycles. The number of primary amides is 1. The van der Waals surface area contributed by atoms with E-state index in [9.17, 15) is 13.2 Å². The number of nitrogens with one attached hydrogen (secondary N) is 1. The maximum atomic E-state index is 13.2. The van der Waals surface area contributed by atoms with Crippen LogP contribution in [-0.4, -0.2) is 45.1 Å². The van der Waals surface area contributed by atoms with Crippen LogP contribution >= 0.6 is 0 Å². The first-order valence-corrected chi connectivity index (χ1v) is 13.4. The number of nitrogens with zero attached hydrogens (tertiary/aromatic N) is 1. The van der Waals surface area contributed by atoms with Crippen LogP contribution < -0.4 is 10.5 Å². The van der Waals surface area contributed by atoms with Crippen molar-refractivity contribution in [3.8, 4) is 0 Å². The van der Waals surface area contributed by atoms with Crippen LogP contribution in [0.3, 0.4) is 0 Å². The molecule has 0 aliphatic carbocycles. The molecule has 0 radical (unpaired) electrons. The fourth-order valence-corrected chi connectivity index (χ4v) is 5.72. The monoisotopic (exact) mass is 477 g/mol. The number of rotatable bonds is 9. The molecule has 0 bridgehead atoms. The summed E-state index contributed by atoms with van der Waals surface area (Å²) in [5.41, 5.74) is 8.87. The molecule has 1 amide bonds. The standard InChI is InChI=1S/C27H31N3O3S/c1-34(32,33)29-25-14-12-21(13-15-25)16-18-30-19-17-24(20-30)27(26(28)31,22-8-4-2-5-9-22)23-10-6-3-7-11-23/h2-15,24,29H,16-20H2,1H3,(H2,28,31). The summed E-state index contributed by atoms with van der Waals surface area (Å²) in [5, 5.41) is 0. The van der Waals surface area contributed by atoms with Gasteiger partial charge >= 0.3 is 0 Å². The third-order valence-electron chi connectivity index (χ3n) is 6.71. The Labute approximate surface area is 201 Å². The Morgan fingerprint density at radius 2 is 1.53 bits per heavy atom. The molecular formula is C27H31N3O3S. The molecule has 178 valence electrons. The van der Waals surface area contributed by atoms with Gasteiger partial charge in [0.05, 0.1) is 6.26 Å². The van der Waals surface area contributed by atoms with E-state index < -0.39 is 15.4 Å². The first-order valence-electron chi connectivity index (χ1n) is 11.5. The molecular weight excluding hydrogens is 446 g/mol. The van der Waals surface area contributed by atoms with E-state index >= 15 is 0 Å². The number of amides is 1. The Kier molecular flexibility index (Phi) is 7.05. The summed E-state index contributed by atoms with van der Waals surface area (Å²) < 4.78 is 25.3. The maximum Gasteiger partial charge on any atom is 0.232 e. The molecule has 0 spiro atoms. The number of likely N-dealkylation sites (tertiary alicyclic amines) is 1. The highest BCUT2D eigenvalue weighted by molar-refractivity contribution is 7.92. The lowest BCUT2D eigenvalue weighted by Gasteiger charge is -2.37. The minimum absolute atomic E-state index is 0.0659. The van der Waals surface area contributed by atoms with Gasteiger partial charge in [-0.1, -0.05) is 72.8 Å². The zero-order chi connectivity index (χ0) is 24.2. The van der Waals surface area contributed by atoms with Crippen molar-refractivity contribution in [1.82, 2.24) is 4.90 Å². The van der Waals surface area contributed by atoms with Crippen molar-refractivity contribution in [2.45, 2.75) is 18.3 Å². The number of hydrogen-bond acceptors (Lipinski definition) is 4. The molecule has 4 rings (SSSR count). The lowest BCUT2D eigenvalue weighted by Crippen LogP contribution is -2.49. The number of sulfonamides is 1. The molecule has 1 unspecified atom stereocenters. The van der Waals surface area contributed by atoms with Crippen LogP contribution in [0.15, 0.2) is 84.9 Å². The Hall–Kier alpha value is -3.16. The van der Waals surface area contributed by atoms with E-state index in [0.29, 0.717) is 5.69 Å². The number of hydrogen-bond donors (Lipinski definition) is 2. The smallest absolute Gasteiger partial charge is 0.232 e. The number of carbonyl (C=O) groups excluding carboxylic acids is 1. The molecule has 1 aliphatic rings. The van der Waals surface area contributed by atoms with E-state index in [0.717, 1.165) is 55.4 Å². The highest BCUT2D eigenvalue weighted by atomic mass is 32.2. The van der Waals surface area contributed by atoms with E-state index in [4.69, 9.17) is 5.73 Å². The summed E-state index contributed by atoms with van der Waals surface area (Å²) in [7, 11) is -3.28. The van der Waals surface area contributed by atoms with Gasteiger partial charge in [-0.15, -0.1) is 0 Å². The second kappa shape index (κ2) is 9.99. The van der Waals surface area contributed by atoms with Gasteiger partial charge in [0.2, 0.25) is 15.9 Å². The fourth-order valence-electron chi connectivity index (χ4n) is 5.16. The van der Waals surface area contributed by atoms with Crippen molar-refractivity contribution in [2.24, 2.45) is 11.7 Å². The topological polar surface area (TPSA) is 92.5 Å². The van der Waals surface area contributed by atoms with Crippen molar-refractivity contribution in [3.63, 3.8) is 0 Å². The van der Waals surface area contributed by atoms with Crippen LogP contribution in [-0.2, 0) is 26.7 Å². The molecule has 3 aromatic carbocycles. The third kappa shape index (κ3) is 5.16. The zero-order valence-electron chi connectivity index (χ0n) is 19.4. The van der Waals surface area contributed by atoms with Gasteiger partial charge in [-0.05, 0) is 54.1 Å². The molecule has 1 atom stereocenters. The van der Waals surface area contributed by atoms with E-state index in [2.05, 4.69) is 9.62 Å². The first kappa shape index (κ1) is 24.0. The summed E-state index contributed by atoms with van der Waals surface area (Å²) >= 11 is 0. The van der Waals surface area contributed by atoms with Gasteiger partial charge in [-0.3, -0.25) is 9.52 Å². The van der Waals surface area contributed by atoms with E-state index in [1.165, 1.54) is 0 Å². The predicted molar refractivity (Wildman–Crippen MR) is 136 cm³/mol. The van der Waals surface area contributed by atoms with Gasteiger partial charge < -0.3 is 10.6 Å². The lowest BCUT2D eigenvalue weighted by atomic mass is 9.64. The van der Waals surface area contributed by atoms with Gasteiger partial charge in [-0.25, -0.2) is 8.42 Å². The third-order valence-corrected chi connectivity index (χ3v) is 7.31. The highest BCUT2D eigenvalue weighted by Gasteiger charge is 2.49. The van der Waals surface area contributed by atoms with Crippen LogP contribution in [0.1, 0.15) is 23.1 Å². The van der Waals surface area contributed by atoms with Crippen molar-refractivity contribution in [1.29, 1.82) is 0 Å². The van der Waals surface area contributed by atoms with Crippen molar-refractivity contribution in [3.05, 3.63) is 102 Å². The highest BCUT2D eigenvalue weighted by Crippen LogP contribution is 2.43. The Balaban J connectivity index is 1.51. The van der Waals surface area contributed by atoms with Gasteiger partial charge in [-0.2, -0.15) is 0 Å². The average molecular weight is 478 g/mol. The van der Waals surface area contributed by atoms with Crippen LogP contribution in [0.5, 0.6) is 0 Å². The zero-order valence-corrected chi connectivity index (χ0v) is 20.2. The molecule has 0 aromatic heterocycles. The molecule has 1 heterocycles. The largest absolute Gasteiger partial charge is 0.369 e. The lowest BCUT2D eigenvalue weighted by molar-refractivity contribution is -0.123. The molecule has 1 aliphatic heterocycles. The van der Waals surface area contributed by atoms with Crippen molar-refractivity contribution < 1.29 is 13.2 Å². The Bertz CT molecular complexity index is 1170. The summed E-state index contributed by atoms with van der Waals surface area (Å²) in [6, 6.07) is 27.3. The molecule has 34 heavy (non-hydrogen) atoms. The maximum absolute atomic E-state index is 13.2. The summed E-state index contributed by atoms with van der Waals surface area (Å²) in [4.78, 5) is 15.6. The van der Waals surface area contributed by atoms with E-state index in [1.807, 2.05) is 72.8 Å². The van der Waals surface area contributed by atoms with Gasteiger partial charge in [0, 0.05) is 18.8 Å². The summed E-state index contributed by atoms with van der Waals surface area (Å²) in [5.74, 6) is -0.248. The van der Waals surface area contributed by atoms with E-state index in [1.54, 1.807) is 12.1 Å². The molecule has 1 fully saturated rings. The van der Waals surface area contributed by atoms with Crippen LogP contribution in [0.4, 0.5) is 5.69 Å². The summed E-state index contributed by atoms with van der Waals surface area (Å²) in [6.07, 6.45) is 2.86.